The van der Waals surface area contributed by atoms with Gasteiger partial charge in [-0.2, -0.15) is 11.8 Å². The van der Waals surface area contributed by atoms with Gasteiger partial charge in [0.2, 0.25) is 5.91 Å². The molecule has 3 atom stereocenters. The molecule has 2 aliphatic heterocycles. The highest BCUT2D eigenvalue weighted by atomic mass is 32.2. The highest BCUT2D eigenvalue weighted by molar-refractivity contribution is 7.99. The van der Waals surface area contributed by atoms with Crippen molar-refractivity contribution in [3.8, 4) is 0 Å². The Kier molecular flexibility index (Phi) is 5.97. The number of carbonyl (C=O) groups excluding carboxylic acids is 1. The van der Waals surface area contributed by atoms with Crippen LogP contribution < -0.4 is 10.6 Å². The third-order valence-electron chi connectivity index (χ3n) is 4.73. The number of carbonyl (C=O) groups is 1. The molecule has 2 saturated heterocycles. The molecule has 4 nitrogen and oxygen atoms in total. The summed E-state index contributed by atoms with van der Waals surface area (Å²) in [6.07, 6.45) is 1.65. The van der Waals surface area contributed by atoms with Crippen LogP contribution in [0.1, 0.15) is 25.3 Å². The molecule has 1 aromatic carbocycles. The second-order valence-electron chi connectivity index (χ2n) is 6.69. The molecular formula is C18H27N3OS. The number of rotatable bonds is 5. The van der Waals surface area contributed by atoms with Gasteiger partial charge in [0.05, 0.1) is 0 Å². The van der Waals surface area contributed by atoms with Crippen molar-refractivity contribution in [1.82, 2.24) is 15.5 Å². The molecule has 1 aromatic rings. The van der Waals surface area contributed by atoms with Crippen LogP contribution in [0, 0.1) is 0 Å². The summed E-state index contributed by atoms with van der Waals surface area (Å²) in [7, 11) is 0. The van der Waals surface area contributed by atoms with Crippen molar-refractivity contribution in [3.63, 3.8) is 0 Å². The van der Waals surface area contributed by atoms with Crippen molar-refractivity contribution in [3.05, 3.63) is 35.9 Å². The van der Waals surface area contributed by atoms with Crippen molar-refractivity contribution in [2.24, 2.45) is 0 Å². The maximum absolute atomic E-state index is 12.3. The van der Waals surface area contributed by atoms with E-state index in [1.807, 2.05) is 11.8 Å². The summed E-state index contributed by atoms with van der Waals surface area (Å²) in [5.74, 6) is 2.41. The van der Waals surface area contributed by atoms with Crippen LogP contribution in [0.2, 0.25) is 0 Å². The average Bonchev–Trinajstić information content (AvgIpc) is 2.88. The molecule has 3 unspecified atom stereocenters. The van der Waals surface area contributed by atoms with E-state index in [1.54, 1.807) is 0 Å². The van der Waals surface area contributed by atoms with Crippen LogP contribution in [0.15, 0.2) is 30.3 Å². The van der Waals surface area contributed by atoms with Crippen molar-refractivity contribution >= 4 is 17.7 Å². The van der Waals surface area contributed by atoms with Gasteiger partial charge in [0.15, 0.2) is 0 Å². The van der Waals surface area contributed by atoms with E-state index in [2.05, 4.69) is 52.8 Å². The Labute approximate surface area is 143 Å². The predicted molar refractivity (Wildman–Crippen MR) is 96.6 cm³/mol. The maximum Gasteiger partial charge on any atom is 0.221 e. The van der Waals surface area contributed by atoms with Gasteiger partial charge in [-0.15, -0.1) is 0 Å². The molecule has 0 bridgehead atoms. The van der Waals surface area contributed by atoms with E-state index in [4.69, 9.17) is 0 Å². The van der Waals surface area contributed by atoms with Gasteiger partial charge in [-0.1, -0.05) is 30.3 Å². The Hall–Kier alpha value is -1.04. The zero-order chi connectivity index (χ0) is 16.1. The molecule has 2 N–H and O–H groups in total. The zero-order valence-electron chi connectivity index (χ0n) is 13.8. The summed E-state index contributed by atoms with van der Waals surface area (Å²) in [6.45, 7) is 5.20. The van der Waals surface area contributed by atoms with Gasteiger partial charge in [-0.05, 0) is 18.9 Å². The molecule has 5 heteroatoms. The molecule has 0 radical (unpaired) electrons. The number of hydrogen-bond donors (Lipinski definition) is 2. The number of benzene rings is 1. The molecule has 0 aromatic heterocycles. The summed E-state index contributed by atoms with van der Waals surface area (Å²) in [5.41, 5.74) is 1.34. The van der Waals surface area contributed by atoms with Gasteiger partial charge in [-0.25, -0.2) is 0 Å². The molecule has 23 heavy (non-hydrogen) atoms. The number of amides is 1. The van der Waals surface area contributed by atoms with Crippen LogP contribution in [0.3, 0.4) is 0 Å². The van der Waals surface area contributed by atoms with Crippen LogP contribution in [-0.4, -0.2) is 53.5 Å². The van der Waals surface area contributed by atoms with Crippen molar-refractivity contribution in [2.75, 3.05) is 24.6 Å². The van der Waals surface area contributed by atoms with Crippen LogP contribution in [0.4, 0.5) is 0 Å². The minimum Gasteiger partial charge on any atom is -0.352 e. The minimum atomic E-state index is 0.198. The molecule has 2 aliphatic rings. The first-order valence-electron chi connectivity index (χ1n) is 8.59. The van der Waals surface area contributed by atoms with E-state index >= 15 is 0 Å². The normalized spacial score (nSPS) is 28.7. The fourth-order valence-electron chi connectivity index (χ4n) is 3.50. The number of hydrogen-bond acceptors (Lipinski definition) is 4. The zero-order valence-corrected chi connectivity index (χ0v) is 14.6. The molecule has 0 spiro atoms. The van der Waals surface area contributed by atoms with Crippen molar-refractivity contribution in [1.29, 1.82) is 0 Å². The molecular weight excluding hydrogens is 306 g/mol. The smallest absolute Gasteiger partial charge is 0.221 e. The fourth-order valence-corrected chi connectivity index (χ4v) is 4.45. The fraction of sp³-hybridized carbons (Fsp3) is 0.611. The van der Waals surface area contributed by atoms with Crippen molar-refractivity contribution < 1.29 is 4.79 Å². The quantitative estimate of drug-likeness (QED) is 0.863. The number of nitrogens with one attached hydrogen (secondary N) is 2. The van der Waals surface area contributed by atoms with E-state index in [9.17, 15) is 4.79 Å². The van der Waals surface area contributed by atoms with Crippen LogP contribution in [0.5, 0.6) is 0 Å². The lowest BCUT2D eigenvalue weighted by atomic mass is 10.1. The molecule has 3 rings (SSSR count). The lowest BCUT2D eigenvalue weighted by Crippen LogP contribution is -2.44. The number of likely N-dealkylation sites (tertiary alicyclic amines) is 1. The number of thioether (sulfide) groups is 1. The highest BCUT2D eigenvalue weighted by Gasteiger charge is 2.30. The number of nitrogens with zero attached hydrogens (tertiary/aromatic N) is 1. The van der Waals surface area contributed by atoms with E-state index in [0.29, 0.717) is 18.5 Å². The monoisotopic (exact) mass is 333 g/mol. The lowest BCUT2D eigenvalue weighted by Gasteiger charge is -2.23. The molecule has 1 amide bonds. The summed E-state index contributed by atoms with van der Waals surface area (Å²) in [6, 6.07) is 11.7. The Morgan fingerprint density at radius 1 is 1.39 bits per heavy atom. The maximum atomic E-state index is 12.3. The van der Waals surface area contributed by atoms with E-state index < -0.39 is 0 Å². The summed E-state index contributed by atoms with van der Waals surface area (Å²) in [5, 5.41) is 6.68. The topological polar surface area (TPSA) is 44.4 Å². The van der Waals surface area contributed by atoms with Gasteiger partial charge in [0, 0.05) is 55.7 Å². The molecule has 2 fully saturated rings. The van der Waals surface area contributed by atoms with Crippen LogP contribution in [-0.2, 0) is 11.3 Å². The van der Waals surface area contributed by atoms with Gasteiger partial charge in [0.1, 0.15) is 0 Å². The minimum absolute atomic E-state index is 0.198. The van der Waals surface area contributed by atoms with E-state index in [-0.39, 0.29) is 11.9 Å². The predicted octanol–water partition coefficient (Wildman–Crippen LogP) is 1.86. The first kappa shape index (κ1) is 16.8. The van der Waals surface area contributed by atoms with Gasteiger partial charge in [-0.3, -0.25) is 9.69 Å². The first-order chi connectivity index (χ1) is 11.2. The van der Waals surface area contributed by atoms with E-state index in [0.717, 1.165) is 37.6 Å². The van der Waals surface area contributed by atoms with Crippen LogP contribution >= 0.6 is 11.8 Å². The lowest BCUT2D eigenvalue weighted by molar-refractivity contribution is -0.122. The second-order valence-corrected chi connectivity index (χ2v) is 7.84. The Balaban J connectivity index is 1.45. The highest BCUT2D eigenvalue weighted by Crippen LogP contribution is 2.20. The van der Waals surface area contributed by atoms with Gasteiger partial charge >= 0.3 is 0 Å². The molecule has 0 aliphatic carbocycles. The Bertz CT molecular complexity index is 504. The molecule has 2 heterocycles. The summed E-state index contributed by atoms with van der Waals surface area (Å²) >= 11 is 1.94. The largest absolute Gasteiger partial charge is 0.352 e. The van der Waals surface area contributed by atoms with Crippen LogP contribution in [0.25, 0.3) is 0 Å². The third kappa shape index (κ3) is 4.96. The first-order valence-corrected chi connectivity index (χ1v) is 9.74. The van der Waals surface area contributed by atoms with Gasteiger partial charge < -0.3 is 10.6 Å². The molecule has 0 saturated carbocycles. The standard InChI is InChI=1S/C18H27N3OS/c1-14-9-16(12-21(14)11-15-5-3-2-4-6-15)20-18(22)10-17-13-23-8-7-19-17/h2-6,14,16-17,19H,7-13H2,1H3,(H,20,22). The summed E-state index contributed by atoms with van der Waals surface area (Å²) in [4.78, 5) is 14.7. The average molecular weight is 334 g/mol. The molecule has 126 valence electrons. The SMILES string of the molecule is CC1CC(NC(=O)CC2CSCCN2)CN1Cc1ccccc1. The summed E-state index contributed by atoms with van der Waals surface area (Å²) < 4.78 is 0. The third-order valence-corrected chi connectivity index (χ3v) is 5.86. The Morgan fingerprint density at radius 2 is 2.22 bits per heavy atom. The Morgan fingerprint density at radius 3 is 2.96 bits per heavy atom. The van der Waals surface area contributed by atoms with E-state index in [1.165, 1.54) is 5.56 Å². The van der Waals surface area contributed by atoms with Crippen molar-refractivity contribution in [2.45, 2.75) is 44.4 Å². The van der Waals surface area contributed by atoms with Gasteiger partial charge in [0.25, 0.3) is 0 Å². The second kappa shape index (κ2) is 8.18.